The first-order valence-electron chi connectivity index (χ1n) is 12.3. The number of amides is 2. The number of benzene rings is 2. The van der Waals surface area contributed by atoms with Gasteiger partial charge in [-0.1, -0.05) is 25.1 Å². The van der Waals surface area contributed by atoms with Crippen LogP contribution >= 0.6 is 0 Å². The molecule has 0 aliphatic carbocycles. The van der Waals surface area contributed by atoms with Gasteiger partial charge in [0.25, 0.3) is 11.8 Å². The molecule has 0 bridgehead atoms. The maximum Gasteiger partial charge on any atom is 0.269 e. The Kier molecular flexibility index (Phi) is 6.07. The summed E-state index contributed by atoms with van der Waals surface area (Å²) in [5, 5.41) is 9.75. The first kappa shape index (κ1) is 24.7. The fraction of sp³-hybridized carbons (Fsp3) is 0.407. The predicted molar refractivity (Wildman–Crippen MR) is 139 cm³/mol. The average Bonchev–Trinajstić information content (AvgIpc) is 3.26. The fourth-order valence-corrected chi connectivity index (χ4v) is 8.90. The van der Waals surface area contributed by atoms with Crippen LogP contribution in [-0.2, 0) is 19.9 Å². The molecule has 1 saturated heterocycles. The van der Waals surface area contributed by atoms with Gasteiger partial charge in [0.15, 0.2) is 20.5 Å². The Morgan fingerprint density at radius 2 is 1.94 bits per heavy atom. The highest BCUT2D eigenvalue weighted by Gasteiger charge is 2.66. The number of aliphatic hydroxyl groups excluding tert-OH is 1. The quantitative estimate of drug-likeness (QED) is 0.458. The molecule has 5 rings (SSSR count). The monoisotopic (exact) mass is 508 g/mol. The zero-order chi connectivity index (χ0) is 25.8. The first-order valence-corrected chi connectivity index (χ1v) is 15.3. The molecule has 36 heavy (non-hydrogen) atoms. The van der Waals surface area contributed by atoms with E-state index in [4.69, 9.17) is 9.47 Å². The van der Waals surface area contributed by atoms with Crippen molar-refractivity contribution in [1.29, 1.82) is 0 Å². The van der Waals surface area contributed by atoms with Crippen LogP contribution in [0.4, 0.5) is 17.1 Å². The van der Waals surface area contributed by atoms with Crippen molar-refractivity contribution in [3.05, 3.63) is 60.7 Å². The van der Waals surface area contributed by atoms with Gasteiger partial charge in [0.05, 0.1) is 17.5 Å². The number of aliphatic hydroxyl groups is 1. The topological polar surface area (TPSA) is 99.5 Å². The van der Waals surface area contributed by atoms with E-state index in [9.17, 15) is 19.5 Å². The van der Waals surface area contributed by atoms with Crippen molar-refractivity contribution in [2.75, 3.05) is 29.6 Å². The molecule has 0 unspecified atom stereocenters. The van der Waals surface area contributed by atoms with E-state index in [1.165, 1.54) is 0 Å². The third-order valence-electron chi connectivity index (χ3n) is 7.66. The lowest BCUT2D eigenvalue weighted by Crippen LogP contribution is -2.46. The number of para-hydroxylation sites is 2. The van der Waals surface area contributed by atoms with Gasteiger partial charge in [-0.2, -0.15) is 0 Å². The van der Waals surface area contributed by atoms with E-state index in [0.717, 1.165) is 0 Å². The fourth-order valence-electron chi connectivity index (χ4n) is 6.30. The van der Waals surface area contributed by atoms with Gasteiger partial charge in [-0.15, -0.1) is 6.58 Å². The minimum atomic E-state index is -2.78. The lowest BCUT2D eigenvalue weighted by atomic mass is 9.82. The summed E-state index contributed by atoms with van der Waals surface area (Å²) in [5.74, 6) is -0.155. The Morgan fingerprint density at radius 3 is 2.64 bits per heavy atom. The Balaban J connectivity index is 1.69. The normalized spacial score (nSPS) is 27.3. The van der Waals surface area contributed by atoms with Crippen molar-refractivity contribution in [2.45, 2.75) is 43.7 Å². The molecule has 2 aromatic rings. The highest BCUT2D eigenvalue weighted by Crippen LogP contribution is 2.60. The van der Waals surface area contributed by atoms with E-state index in [1.807, 2.05) is 62.5 Å². The number of anilines is 3. The third kappa shape index (κ3) is 3.53. The van der Waals surface area contributed by atoms with Crippen molar-refractivity contribution >= 4 is 37.2 Å². The van der Waals surface area contributed by atoms with Crippen molar-refractivity contribution in [3.8, 4) is 5.75 Å². The van der Waals surface area contributed by atoms with Crippen LogP contribution in [0.25, 0.3) is 0 Å². The van der Waals surface area contributed by atoms with Gasteiger partial charge < -0.3 is 24.3 Å². The molecule has 0 radical (unpaired) electrons. The number of ether oxygens (including phenoxy) is 2. The predicted octanol–water partition coefficient (Wildman–Crippen LogP) is 3.46. The molecule has 3 heterocycles. The Hall–Kier alpha value is -2.98. The first-order chi connectivity index (χ1) is 17.1. The molecule has 1 fully saturated rings. The zero-order valence-corrected chi connectivity index (χ0v) is 21.8. The summed E-state index contributed by atoms with van der Waals surface area (Å²) in [7, 11) is -2.78. The van der Waals surface area contributed by atoms with Gasteiger partial charge >= 0.3 is 0 Å². The molecule has 2 amide bonds. The summed E-state index contributed by atoms with van der Waals surface area (Å²) in [4.78, 5) is 41.6. The lowest BCUT2D eigenvalue weighted by molar-refractivity contribution is -0.146. The van der Waals surface area contributed by atoms with Crippen LogP contribution in [0.1, 0.15) is 18.9 Å². The molecule has 1 spiro atoms. The van der Waals surface area contributed by atoms with E-state index in [1.54, 1.807) is 15.9 Å². The molecule has 4 atom stereocenters. The van der Waals surface area contributed by atoms with E-state index < -0.39 is 20.0 Å². The second-order valence-electron chi connectivity index (χ2n) is 10.3. The summed E-state index contributed by atoms with van der Waals surface area (Å²) in [6.07, 6.45) is 1.53. The highest BCUT2D eigenvalue weighted by atomic mass is 28.4. The number of rotatable bonds is 6. The van der Waals surface area contributed by atoms with Crippen molar-refractivity contribution in [2.24, 2.45) is 5.92 Å². The van der Waals surface area contributed by atoms with Crippen molar-refractivity contribution < 1.29 is 29.0 Å². The van der Waals surface area contributed by atoms with Gasteiger partial charge in [0.2, 0.25) is 0 Å². The number of nitrogens with zero attached hydrogens (tertiary/aromatic N) is 2. The summed E-state index contributed by atoms with van der Waals surface area (Å²) in [6.45, 7) is 9.59. The van der Waals surface area contributed by atoms with Crippen molar-refractivity contribution in [1.82, 2.24) is 0 Å². The number of hydrogen-bond acceptors (Lipinski definition) is 6. The molecule has 2 N–H and O–H groups in total. The second kappa shape index (κ2) is 8.84. The van der Waals surface area contributed by atoms with Crippen molar-refractivity contribution in [3.63, 3.8) is 0 Å². The Morgan fingerprint density at radius 1 is 1.19 bits per heavy atom. The number of carbonyl (C=O) groups excluding carboxylic acids is 2. The van der Waals surface area contributed by atoms with E-state index >= 15 is 0 Å². The van der Waals surface area contributed by atoms with Crippen LogP contribution in [0.15, 0.2) is 55.1 Å². The average molecular weight is 509 g/mol. The standard InChI is InChI=1S/C27H32N2O6Si/c1-5-13-28-20-11-10-18(29-21-8-6-7-9-22(21)34-16-24(29)31)15-19(20)27(26(28)32)17(2)25(36(3,4)33)23(35-27)12-14-30/h5-11,15,17,23,25,30,33H,1,12-14,16H2,2-4H3/t17-,23+,25-,27+/m0/s1. The second-order valence-corrected chi connectivity index (χ2v) is 14.2. The third-order valence-corrected chi connectivity index (χ3v) is 10.2. The van der Waals surface area contributed by atoms with Gasteiger partial charge in [0.1, 0.15) is 5.75 Å². The number of hydrogen-bond donors (Lipinski definition) is 2. The van der Waals surface area contributed by atoms with Gasteiger partial charge in [-0.25, -0.2) is 0 Å². The lowest BCUT2D eigenvalue weighted by Gasteiger charge is -2.33. The number of carbonyl (C=O) groups is 2. The maximum atomic E-state index is 14.1. The van der Waals surface area contributed by atoms with Crippen LogP contribution in [0.2, 0.25) is 18.6 Å². The minimum Gasteiger partial charge on any atom is -0.482 e. The molecule has 0 saturated carbocycles. The van der Waals surface area contributed by atoms with Crippen LogP contribution < -0.4 is 14.5 Å². The van der Waals surface area contributed by atoms with Gasteiger partial charge in [0, 0.05) is 35.9 Å². The van der Waals surface area contributed by atoms with Gasteiger partial charge in [-0.05, 0) is 49.8 Å². The maximum absolute atomic E-state index is 14.1. The molecule has 3 aliphatic heterocycles. The molecular formula is C27H32N2O6Si. The smallest absolute Gasteiger partial charge is 0.269 e. The summed E-state index contributed by atoms with van der Waals surface area (Å²) < 4.78 is 12.2. The minimum absolute atomic E-state index is 0.0847. The zero-order valence-electron chi connectivity index (χ0n) is 20.8. The molecule has 3 aliphatic rings. The molecular weight excluding hydrogens is 476 g/mol. The van der Waals surface area contributed by atoms with Crippen LogP contribution in [0, 0.1) is 5.92 Å². The Labute approximate surface area is 211 Å². The summed E-state index contributed by atoms with van der Waals surface area (Å²) in [6, 6.07) is 12.9. The molecule has 2 aromatic carbocycles. The van der Waals surface area contributed by atoms with E-state index in [-0.39, 0.29) is 36.5 Å². The van der Waals surface area contributed by atoms with Crippen LogP contribution in [0.5, 0.6) is 5.75 Å². The SMILES string of the molecule is C=CCN1C(=O)[C@]2(O[C@H](CCO)[C@@H]([Si](C)(C)O)[C@@H]2C)c2cc(N3C(=O)COc4ccccc43)ccc21. The van der Waals surface area contributed by atoms with E-state index in [0.29, 0.717) is 41.3 Å². The molecule has 8 nitrogen and oxygen atoms in total. The molecule has 190 valence electrons. The molecule has 9 heteroatoms. The molecule has 0 aromatic heterocycles. The summed E-state index contributed by atoms with van der Waals surface area (Å²) in [5.41, 5.74) is 1.02. The summed E-state index contributed by atoms with van der Waals surface area (Å²) >= 11 is 0. The Bertz CT molecular complexity index is 1230. The largest absolute Gasteiger partial charge is 0.482 e. The van der Waals surface area contributed by atoms with Gasteiger partial charge in [-0.3, -0.25) is 14.5 Å². The van der Waals surface area contributed by atoms with Crippen LogP contribution in [-0.4, -0.2) is 55.9 Å². The van der Waals surface area contributed by atoms with E-state index in [2.05, 4.69) is 6.58 Å². The van der Waals surface area contributed by atoms with Crippen LogP contribution in [0.3, 0.4) is 0 Å². The highest BCUT2D eigenvalue weighted by molar-refractivity contribution is 6.71. The number of fused-ring (bicyclic) bond motifs is 3.